The molecule has 0 aromatic carbocycles. The lowest BCUT2D eigenvalue weighted by Gasteiger charge is -2.51. The van der Waals surface area contributed by atoms with E-state index in [0.29, 0.717) is 21.7 Å². The lowest BCUT2D eigenvalue weighted by Crippen LogP contribution is -2.41. The fraction of sp³-hybridized carbons (Fsp3) is 0.913. The van der Waals surface area contributed by atoms with Crippen molar-refractivity contribution in [3.63, 3.8) is 0 Å². The number of fused-ring (bicyclic) bond motifs is 19. The molecule has 17 rings (SSSR count). The Morgan fingerprint density at radius 1 is 0.326 bits per heavy atom. The van der Waals surface area contributed by atoms with Gasteiger partial charge >= 0.3 is 0 Å². The molecule has 0 N–H and O–H groups in total. The smallest absolute Gasteiger partial charge is 0.0171 e. The van der Waals surface area contributed by atoms with E-state index in [4.69, 9.17) is 0 Å². The van der Waals surface area contributed by atoms with E-state index in [1.165, 1.54) is 199 Å². The molecule has 6 bridgehead atoms. The van der Waals surface area contributed by atoms with Crippen molar-refractivity contribution in [1.82, 2.24) is 0 Å². The van der Waals surface area contributed by atoms with Gasteiger partial charge in [-0.2, -0.15) is 0 Å². The second-order valence-corrected chi connectivity index (χ2v) is 42.0. The summed E-state index contributed by atoms with van der Waals surface area (Å²) in [5.41, 5.74) is 9.95. The second kappa shape index (κ2) is 28.9. The third-order valence-corrected chi connectivity index (χ3v) is 34.9. The minimum atomic E-state index is 0.649. The van der Waals surface area contributed by atoms with Gasteiger partial charge in [0.15, 0.2) is 0 Å². The van der Waals surface area contributed by atoms with Gasteiger partial charge in [0.05, 0.1) is 0 Å². The molecule has 0 heterocycles. The van der Waals surface area contributed by atoms with Gasteiger partial charge in [0.2, 0.25) is 0 Å². The lowest BCUT2D eigenvalue weighted by atomic mass is 9.54. The molecule has 0 nitrogen and oxygen atoms in total. The van der Waals surface area contributed by atoms with Crippen molar-refractivity contribution in [2.75, 3.05) is 0 Å². The van der Waals surface area contributed by atoms with E-state index in [1.807, 2.05) is 0 Å². The quantitative estimate of drug-likeness (QED) is 0.212. The van der Waals surface area contributed by atoms with E-state index in [0.717, 1.165) is 146 Å². The van der Waals surface area contributed by atoms with Crippen molar-refractivity contribution in [3.05, 3.63) is 47.1 Å². The molecular formula is C92H156. The first-order valence-corrected chi connectivity index (χ1v) is 42.1. The molecule has 17 aliphatic rings. The molecule has 524 valence electrons. The fourth-order valence-electron chi connectivity index (χ4n) is 27.2. The molecule has 0 saturated heterocycles. The standard InChI is InChI=1S/C14H26.C14H24.C13H22.C13H20.C13H24.C13H22.C12H18/c2*1-10-5-6-14(4)9-12(3)11(2)8-13(14)7-10;2*1-9-5-6-13(2)11-4-3-10(8-11)12(13)7-9;2*1-10-4-6-13(3)7-5-11(2)9-12(13)8-10;1-12-7-3-2-4-11(12)9-5-6-10(12)8-9/h10-13H,5-9H2,1-4H3;10,13H,5-9H2,1-4H3;9-12H,3-8H2,1-2H3;3-4,9-12H,5-8H2,1-2H3;10-12H,4-9H2,1-3H3;4,11-12H,5-9H2,1-3H3;5-6,9-11H,2-4,7-8H2,1H3/t10-,11?,12?,13?,14?;10-,13?,14?;2*9-,10?,11?,12?,13?;10-,11?,12?,13?;11-,12?,13?;/m111111./s1. The van der Waals surface area contributed by atoms with Crippen LogP contribution in [0.3, 0.4) is 0 Å². The summed E-state index contributed by atoms with van der Waals surface area (Å²) in [6.45, 7) is 46.9. The third-order valence-electron chi connectivity index (χ3n) is 34.9. The zero-order valence-electron chi connectivity index (χ0n) is 65.0. The first kappa shape index (κ1) is 72.2. The maximum atomic E-state index is 2.60. The van der Waals surface area contributed by atoms with Crippen LogP contribution in [0.15, 0.2) is 47.1 Å². The van der Waals surface area contributed by atoms with Gasteiger partial charge in [0, 0.05) is 0 Å². The summed E-state index contributed by atoms with van der Waals surface area (Å²) in [5, 5.41) is 0. The van der Waals surface area contributed by atoms with Crippen LogP contribution in [-0.2, 0) is 0 Å². The number of hydrogen-bond acceptors (Lipinski definition) is 0. The molecule has 13 fully saturated rings. The van der Waals surface area contributed by atoms with E-state index in [9.17, 15) is 0 Å². The number of allylic oxidation sites excluding steroid dienone is 8. The number of hydrogen-bond donors (Lipinski definition) is 0. The molecule has 0 aromatic rings. The highest BCUT2D eigenvalue weighted by atomic mass is 14.6. The van der Waals surface area contributed by atoms with E-state index in [1.54, 1.807) is 48.8 Å². The Bertz CT molecular complexity index is 2530. The van der Waals surface area contributed by atoms with Crippen LogP contribution >= 0.6 is 0 Å². The Balaban J connectivity index is 0.000000110. The van der Waals surface area contributed by atoms with E-state index in [2.05, 4.69) is 162 Å². The topological polar surface area (TPSA) is 0 Å². The summed E-state index contributed by atoms with van der Waals surface area (Å²) < 4.78 is 0. The molecule has 0 spiro atoms. The van der Waals surface area contributed by atoms with Gasteiger partial charge in [-0.05, 0) is 362 Å². The Morgan fingerprint density at radius 3 is 1.38 bits per heavy atom. The SMILES string of the molecule is CC12CCCCC1C1C=CC2C1.CC1=C(C)CC2(C)CC[C@@H](C)CC2C1.CC1=CCC2(C)CC[C@@H](C)CC2C1.CC1CC2C[C@H](C)CCC2(C)CC1C.CC1CCC2(C)CC[C@@H](C)CC2C1.C[C@@H]1CCC2(C)C3C=CC(C3)C2C1.C[C@@H]1CCC2(C)C3CCC(C3)C2C1. The Morgan fingerprint density at radius 2 is 0.793 bits per heavy atom. The molecule has 0 radical (unpaired) electrons. The van der Waals surface area contributed by atoms with Crippen molar-refractivity contribution in [2.45, 2.75) is 363 Å². The van der Waals surface area contributed by atoms with Crippen molar-refractivity contribution < 1.29 is 0 Å². The zero-order valence-corrected chi connectivity index (χ0v) is 65.0. The van der Waals surface area contributed by atoms with Crippen molar-refractivity contribution in [2.24, 2.45) is 168 Å². The highest BCUT2D eigenvalue weighted by Gasteiger charge is 2.58. The summed E-state index contributed by atoms with van der Waals surface area (Å²) in [5.74, 6) is 22.2. The minimum absolute atomic E-state index is 0.649. The molecule has 17 aliphatic carbocycles. The van der Waals surface area contributed by atoms with Crippen LogP contribution in [0, 0.1) is 168 Å². The summed E-state index contributed by atoms with van der Waals surface area (Å²) >= 11 is 0. The van der Waals surface area contributed by atoms with Crippen LogP contribution in [0.4, 0.5) is 0 Å². The van der Waals surface area contributed by atoms with Crippen LogP contribution < -0.4 is 0 Å². The Hall–Kier alpha value is -1.04. The summed E-state index contributed by atoms with van der Waals surface area (Å²) in [6, 6.07) is 0. The van der Waals surface area contributed by atoms with Gasteiger partial charge in [0.25, 0.3) is 0 Å². The van der Waals surface area contributed by atoms with Crippen LogP contribution in [0.25, 0.3) is 0 Å². The van der Waals surface area contributed by atoms with E-state index < -0.39 is 0 Å². The zero-order chi connectivity index (χ0) is 65.9. The molecular weight excluding hydrogens is 1110 g/mol. The van der Waals surface area contributed by atoms with Gasteiger partial charge in [-0.3, -0.25) is 0 Å². The van der Waals surface area contributed by atoms with E-state index in [-0.39, 0.29) is 0 Å². The monoisotopic (exact) mass is 1260 g/mol. The molecule has 0 heteroatoms. The molecule has 92 heavy (non-hydrogen) atoms. The largest absolute Gasteiger partial charge is 0.0850 e. The van der Waals surface area contributed by atoms with Gasteiger partial charge in [-0.15, -0.1) is 0 Å². The Labute approximate surface area is 574 Å². The molecule has 23 unspecified atom stereocenters. The average Bonchev–Trinajstić information content (AvgIpc) is 1.58. The van der Waals surface area contributed by atoms with Crippen LogP contribution in [0.2, 0.25) is 0 Å². The van der Waals surface area contributed by atoms with E-state index >= 15 is 0 Å². The second-order valence-electron chi connectivity index (χ2n) is 42.0. The number of rotatable bonds is 0. The molecule has 0 amide bonds. The summed E-state index contributed by atoms with van der Waals surface area (Å²) in [6.07, 6.45) is 66.0. The normalized spacial score (nSPS) is 52.5. The van der Waals surface area contributed by atoms with Gasteiger partial charge in [-0.25, -0.2) is 0 Å². The molecule has 13 saturated carbocycles. The highest BCUT2D eigenvalue weighted by molar-refractivity contribution is 5.21. The van der Waals surface area contributed by atoms with Crippen LogP contribution in [0.5, 0.6) is 0 Å². The fourth-order valence-corrected chi connectivity index (χ4v) is 27.2. The van der Waals surface area contributed by atoms with Gasteiger partial charge in [-0.1, -0.05) is 216 Å². The first-order valence-electron chi connectivity index (χ1n) is 42.1. The highest BCUT2D eigenvalue weighted by Crippen LogP contribution is 2.67. The van der Waals surface area contributed by atoms with Crippen molar-refractivity contribution >= 4 is 0 Å². The lowest BCUT2D eigenvalue weighted by molar-refractivity contribution is -0.00643. The maximum Gasteiger partial charge on any atom is -0.0171 e. The van der Waals surface area contributed by atoms with Crippen molar-refractivity contribution in [1.29, 1.82) is 0 Å². The van der Waals surface area contributed by atoms with Crippen LogP contribution in [-0.4, -0.2) is 0 Å². The van der Waals surface area contributed by atoms with Gasteiger partial charge in [0.1, 0.15) is 0 Å². The Kier molecular flexibility index (Phi) is 22.7. The predicted octanol–water partition coefficient (Wildman–Crippen LogP) is 28.4. The summed E-state index contributed by atoms with van der Waals surface area (Å²) in [7, 11) is 0. The third kappa shape index (κ3) is 15.3. The van der Waals surface area contributed by atoms with Gasteiger partial charge < -0.3 is 0 Å². The summed E-state index contributed by atoms with van der Waals surface area (Å²) in [4.78, 5) is 0. The first-order chi connectivity index (χ1) is 43.4. The van der Waals surface area contributed by atoms with Crippen molar-refractivity contribution in [3.8, 4) is 0 Å². The molecule has 0 aliphatic heterocycles. The average molecular weight is 1260 g/mol. The predicted molar refractivity (Wildman–Crippen MR) is 401 cm³/mol. The molecule has 29 atom stereocenters. The minimum Gasteiger partial charge on any atom is -0.0850 e. The molecule has 0 aromatic heterocycles. The van der Waals surface area contributed by atoms with Crippen LogP contribution in [0.1, 0.15) is 363 Å². The maximum absolute atomic E-state index is 2.60.